The maximum Gasteiger partial charge on any atom is 0.305 e. The molecule has 1 aromatic carbocycles. The third-order valence-electron chi connectivity index (χ3n) is 3.77. The van der Waals surface area contributed by atoms with E-state index in [9.17, 15) is 14.5 Å². The number of rotatable bonds is 5. The average Bonchev–Trinajstić information content (AvgIpc) is 2.42. The molecular weight excluding hydrogens is 261 g/mol. The van der Waals surface area contributed by atoms with Gasteiger partial charge in [-0.15, -0.1) is 0 Å². The summed E-state index contributed by atoms with van der Waals surface area (Å²) in [6.45, 7) is 5.11. The first-order valence-corrected chi connectivity index (χ1v) is 6.90. The lowest BCUT2D eigenvalue weighted by molar-refractivity contribution is -0.387. The van der Waals surface area contributed by atoms with Gasteiger partial charge in [-0.1, -0.05) is 12.1 Å². The summed E-state index contributed by atoms with van der Waals surface area (Å²) in [5.41, 5.74) is 0.00965. The Bertz CT molecular complexity index is 473. The lowest BCUT2D eigenvalue weighted by atomic mass is 10.1. The largest absolute Gasteiger partial charge is 0.305 e. The van der Waals surface area contributed by atoms with Gasteiger partial charge in [0.2, 0.25) is 5.82 Å². The zero-order chi connectivity index (χ0) is 14.5. The van der Waals surface area contributed by atoms with E-state index in [-0.39, 0.29) is 0 Å². The van der Waals surface area contributed by atoms with E-state index in [1.807, 2.05) is 0 Å². The molecule has 1 heterocycles. The highest BCUT2D eigenvalue weighted by Crippen LogP contribution is 2.21. The number of hydrogen-bond acceptors (Lipinski definition) is 4. The van der Waals surface area contributed by atoms with Gasteiger partial charge in [-0.3, -0.25) is 10.1 Å². The van der Waals surface area contributed by atoms with Gasteiger partial charge in [0.05, 0.1) is 4.92 Å². The van der Waals surface area contributed by atoms with E-state index >= 15 is 0 Å². The minimum atomic E-state index is -0.684. The maximum absolute atomic E-state index is 13.9. The number of hydrogen-bond donors (Lipinski definition) is 0. The average molecular weight is 281 g/mol. The quantitative estimate of drug-likeness (QED) is 0.611. The summed E-state index contributed by atoms with van der Waals surface area (Å²) in [7, 11) is 2.11. The van der Waals surface area contributed by atoms with Crippen LogP contribution in [0.3, 0.4) is 0 Å². The van der Waals surface area contributed by atoms with Crippen molar-refractivity contribution >= 4 is 5.69 Å². The molecule has 0 radical (unpaired) electrons. The van der Waals surface area contributed by atoms with Crippen LogP contribution in [-0.2, 0) is 6.42 Å². The summed E-state index contributed by atoms with van der Waals surface area (Å²) >= 11 is 0. The maximum atomic E-state index is 13.9. The molecule has 1 fully saturated rings. The van der Waals surface area contributed by atoms with Gasteiger partial charge in [0.15, 0.2) is 0 Å². The van der Waals surface area contributed by atoms with Crippen molar-refractivity contribution in [2.45, 2.75) is 12.8 Å². The minimum absolute atomic E-state index is 0.429. The van der Waals surface area contributed by atoms with Crippen molar-refractivity contribution in [2.75, 3.05) is 39.8 Å². The number of aryl methyl sites for hydroxylation is 1. The van der Waals surface area contributed by atoms with Crippen molar-refractivity contribution in [3.8, 4) is 0 Å². The molecule has 5 nitrogen and oxygen atoms in total. The summed E-state index contributed by atoms with van der Waals surface area (Å²) < 4.78 is 13.9. The molecule has 0 N–H and O–H groups in total. The van der Waals surface area contributed by atoms with Crippen LogP contribution in [0.4, 0.5) is 10.1 Å². The van der Waals surface area contributed by atoms with E-state index in [1.165, 1.54) is 6.07 Å². The summed E-state index contributed by atoms with van der Waals surface area (Å²) in [4.78, 5) is 14.7. The fourth-order valence-corrected chi connectivity index (χ4v) is 2.46. The molecule has 110 valence electrons. The van der Waals surface area contributed by atoms with Crippen molar-refractivity contribution in [3.05, 3.63) is 39.7 Å². The monoisotopic (exact) mass is 281 g/mol. The molecule has 20 heavy (non-hydrogen) atoms. The molecule has 2 rings (SSSR count). The molecular formula is C14H20FN3O2. The molecule has 0 atom stereocenters. The minimum Gasteiger partial charge on any atom is -0.304 e. The number of nitro benzene ring substituents is 1. The van der Waals surface area contributed by atoms with E-state index in [1.54, 1.807) is 12.1 Å². The first-order chi connectivity index (χ1) is 9.58. The second kappa shape index (κ2) is 6.76. The number of benzene rings is 1. The number of likely N-dealkylation sites (N-methyl/N-ethyl adjacent to an activating group) is 1. The number of piperazine rings is 1. The summed E-state index contributed by atoms with van der Waals surface area (Å²) in [6, 6.07) is 4.39. The van der Waals surface area contributed by atoms with E-state index in [0.29, 0.717) is 12.0 Å². The smallest absolute Gasteiger partial charge is 0.304 e. The molecule has 0 spiro atoms. The van der Waals surface area contributed by atoms with Crippen LogP contribution in [0.15, 0.2) is 18.2 Å². The van der Waals surface area contributed by atoms with Crippen LogP contribution in [0.25, 0.3) is 0 Å². The molecule has 0 aliphatic carbocycles. The second-order valence-electron chi connectivity index (χ2n) is 5.26. The van der Waals surface area contributed by atoms with Crippen molar-refractivity contribution in [3.63, 3.8) is 0 Å². The van der Waals surface area contributed by atoms with Gasteiger partial charge in [0, 0.05) is 32.2 Å². The van der Waals surface area contributed by atoms with Gasteiger partial charge < -0.3 is 9.80 Å². The zero-order valence-electron chi connectivity index (χ0n) is 11.7. The van der Waals surface area contributed by atoms with Crippen molar-refractivity contribution < 1.29 is 9.31 Å². The van der Waals surface area contributed by atoms with Crippen LogP contribution in [0.5, 0.6) is 0 Å². The molecule has 1 aromatic rings. The van der Waals surface area contributed by atoms with Gasteiger partial charge in [-0.05, 0) is 32.0 Å². The van der Waals surface area contributed by atoms with Crippen LogP contribution < -0.4 is 0 Å². The van der Waals surface area contributed by atoms with Crippen LogP contribution in [0.1, 0.15) is 12.0 Å². The molecule has 1 aliphatic rings. The van der Waals surface area contributed by atoms with Crippen LogP contribution >= 0.6 is 0 Å². The molecule has 0 amide bonds. The summed E-state index contributed by atoms with van der Waals surface area (Å²) in [5.74, 6) is -0.684. The molecule has 0 aromatic heterocycles. The SMILES string of the molecule is CN1CCN(CCCc2cccc([N+](=O)[O-])c2F)CC1. The Morgan fingerprint density at radius 2 is 2.00 bits per heavy atom. The highest BCUT2D eigenvalue weighted by Gasteiger charge is 2.17. The van der Waals surface area contributed by atoms with Gasteiger partial charge in [0.1, 0.15) is 0 Å². The Kier molecular flexibility index (Phi) is 5.03. The van der Waals surface area contributed by atoms with Crippen LogP contribution in [0.2, 0.25) is 0 Å². The van der Waals surface area contributed by atoms with Gasteiger partial charge in [-0.25, -0.2) is 0 Å². The molecule has 0 saturated carbocycles. The fourth-order valence-electron chi connectivity index (χ4n) is 2.46. The molecule has 0 bridgehead atoms. The number of nitrogens with zero attached hydrogens (tertiary/aromatic N) is 3. The molecule has 0 unspecified atom stereocenters. The van der Waals surface area contributed by atoms with Gasteiger partial charge >= 0.3 is 5.69 Å². The lowest BCUT2D eigenvalue weighted by Gasteiger charge is -2.32. The lowest BCUT2D eigenvalue weighted by Crippen LogP contribution is -2.44. The van der Waals surface area contributed by atoms with E-state index in [2.05, 4.69) is 16.8 Å². The van der Waals surface area contributed by atoms with Crippen LogP contribution in [-0.4, -0.2) is 54.5 Å². The topological polar surface area (TPSA) is 49.6 Å². The molecule has 6 heteroatoms. The zero-order valence-corrected chi connectivity index (χ0v) is 11.7. The van der Waals surface area contributed by atoms with Crippen molar-refractivity contribution in [1.29, 1.82) is 0 Å². The Morgan fingerprint density at radius 1 is 1.30 bits per heavy atom. The Labute approximate surface area is 118 Å². The number of nitro groups is 1. The predicted octanol–water partition coefficient (Wildman–Crippen LogP) is 1.91. The summed E-state index contributed by atoms with van der Waals surface area (Å²) in [5, 5.41) is 10.7. The third-order valence-corrected chi connectivity index (χ3v) is 3.77. The standard InChI is InChI=1S/C14H20FN3O2/c1-16-8-10-17(11-9-16)7-3-5-12-4-2-6-13(14(12)15)18(19)20/h2,4,6H,3,5,7-11H2,1H3. The predicted molar refractivity (Wildman–Crippen MR) is 75.3 cm³/mol. The van der Waals surface area contributed by atoms with Gasteiger partial charge in [-0.2, -0.15) is 4.39 Å². The van der Waals surface area contributed by atoms with Crippen LogP contribution in [0, 0.1) is 15.9 Å². The van der Waals surface area contributed by atoms with Gasteiger partial charge in [0.25, 0.3) is 0 Å². The third kappa shape index (κ3) is 3.74. The Hall–Kier alpha value is -1.53. The van der Waals surface area contributed by atoms with E-state index in [4.69, 9.17) is 0 Å². The number of halogens is 1. The van der Waals surface area contributed by atoms with Crippen molar-refractivity contribution in [1.82, 2.24) is 9.80 Å². The van der Waals surface area contributed by atoms with Crippen molar-refractivity contribution in [2.24, 2.45) is 0 Å². The molecule has 1 saturated heterocycles. The van der Waals surface area contributed by atoms with E-state index < -0.39 is 16.4 Å². The fraction of sp³-hybridized carbons (Fsp3) is 0.571. The summed E-state index contributed by atoms with van der Waals surface area (Å²) in [6.07, 6.45) is 1.36. The normalized spacial score (nSPS) is 17.3. The first-order valence-electron chi connectivity index (χ1n) is 6.90. The van der Waals surface area contributed by atoms with E-state index in [0.717, 1.165) is 39.1 Å². The first kappa shape index (κ1) is 14.9. The Balaban J connectivity index is 1.85. The Morgan fingerprint density at radius 3 is 2.65 bits per heavy atom. The highest BCUT2D eigenvalue weighted by atomic mass is 19.1. The molecule has 1 aliphatic heterocycles. The second-order valence-corrected chi connectivity index (χ2v) is 5.26. The highest BCUT2D eigenvalue weighted by molar-refractivity contribution is 5.36.